The van der Waals surface area contributed by atoms with E-state index in [4.69, 9.17) is 28.4 Å². The fraction of sp³-hybridized carbons (Fsp3) is 0.923. The number of rotatable bonds is 2. The van der Waals surface area contributed by atoms with Gasteiger partial charge >= 0.3 is 6.16 Å². The van der Waals surface area contributed by atoms with Crippen LogP contribution >= 0.6 is 0 Å². The molecule has 0 bridgehead atoms. The van der Waals surface area contributed by atoms with Gasteiger partial charge in [-0.15, -0.1) is 0 Å². The van der Waals surface area contributed by atoms with E-state index in [0.29, 0.717) is 0 Å². The molecular formula is C13H18O11. The molecule has 136 valence electrons. The molecule has 0 aromatic heterocycles. The quantitative estimate of drug-likeness (QED) is 0.295. The van der Waals surface area contributed by atoms with Crippen molar-refractivity contribution in [3.63, 3.8) is 0 Å². The molecule has 11 heteroatoms. The fourth-order valence-electron chi connectivity index (χ4n) is 3.44. The van der Waals surface area contributed by atoms with Gasteiger partial charge in [0.15, 0.2) is 12.2 Å². The standard InChI is InChI=1S/C13H18O11/c14-5-1-19-9-7(5)21-3-12(9,17)23-11(16)24-13(18)4-22-8-6(15)2-20-10(8)13/h5-10,14-15,17-18H,1-4H2/t5-,6-,7-,8-,9+,10+,12+,13+/m1/s1. The Bertz CT molecular complexity index is 484. The second kappa shape index (κ2) is 5.47. The van der Waals surface area contributed by atoms with E-state index in [0.717, 1.165) is 0 Å². The van der Waals surface area contributed by atoms with Gasteiger partial charge in [-0.2, -0.15) is 0 Å². The van der Waals surface area contributed by atoms with Gasteiger partial charge in [-0.1, -0.05) is 0 Å². The Balaban J connectivity index is 1.40. The van der Waals surface area contributed by atoms with Gasteiger partial charge in [-0.05, 0) is 0 Å². The summed E-state index contributed by atoms with van der Waals surface area (Å²) >= 11 is 0. The third-order valence-electron chi connectivity index (χ3n) is 4.62. The number of fused-ring (bicyclic) bond motifs is 2. The topological polar surface area (TPSA) is 153 Å². The maximum absolute atomic E-state index is 12.0. The lowest BCUT2D eigenvalue weighted by atomic mass is 10.1. The van der Waals surface area contributed by atoms with Gasteiger partial charge in [0.1, 0.15) is 37.6 Å². The van der Waals surface area contributed by atoms with Gasteiger partial charge in [-0.25, -0.2) is 4.79 Å². The van der Waals surface area contributed by atoms with Gasteiger partial charge in [0.2, 0.25) is 0 Å². The van der Waals surface area contributed by atoms with Gasteiger partial charge in [0.25, 0.3) is 11.6 Å². The predicted molar refractivity (Wildman–Crippen MR) is 68.4 cm³/mol. The first-order valence-electron chi connectivity index (χ1n) is 7.52. The van der Waals surface area contributed by atoms with Crippen molar-refractivity contribution in [2.75, 3.05) is 26.4 Å². The molecule has 0 aromatic carbocycles. The number of carbonyl (C=O) groups is 1. The lowest BCUT2D eigenvalue weighted by Crippen LogP contribution is -2.51. The predicted octanol–water partition coefficient (Wildman–Crippen LogP) is -3.17. The Morgan fingerprint density at radius 2 is 1.25 bits per heavy atom. The second-order valence-corrected chi connectivity index (χ2v) is 6.34. The van der Waals surface area contributed by atoms with Gasteiger partial charge in [-0.3, -0.25) is 0 Å². The lowest BCUT2D eigenvalue weighted by Gasteiger charge is -2.29. The van der Waals surface area contributed by atoms with E-state index in [1.54, 1.807) is 0 Å². The van der Waals surface area contributed by atoms with Gasteiger partial charge in [0.05, 0.1) is 13.2 Å². The molecule has 0 aliphatic carbocycles. The largest absolute Gasteiger partial charge is 0.513 e. The van der Waals surface area contributed by atoms with E-state index in [2.05, 4.69) is 0 Å². The molecule has 11 nitrogen and oxygen atoms in total. The van der Waals surface area contributed by atoms with E-state index in [1.165, 1.54) is 0 Å². The Morgan fingerprint density at radius 1 is 0.833 bits per heavy atom. The van der Waals surface area contributed by atoms with Crippen molar-refractivity contribution >= 4 is 6.16 Å². The molecule has 24 heavy (non-hydrogen) atoms. The van der Waals surface area contributed by atoms with Crippen LogP contribution in [0, 0.1) is 0 Å². The van der Waals surface area contributed by atoms with Crippen LogP contribution in [0.1, 0.15) is 0 Å². The first kappa shape index (κ1) is 16.4. The maximum Gasteiger partial charge on any atom is 0.513 e. The van der Waals surface area contributed by atoms with E-state index >= 15 is 0 Å². The number of aliphatic hydroxyl groups excluding tert-OH is 2. The highest BCUT2D eigenvalue weighted by atomic mass is 16.8. The van der Waals surface area contributed by atoms with Crippen LogP contribution in [0.4, 0.5) is 4.79 Å². The fourth-order valence-corrected chi connectivity index (χ4v) is 3.44. The van der Waals surface area contributed by atoms with Crippen LogP contribution < -0.4 is 0 Å². The minimum atomic E-state index is -2.15. The van der Waals surface area contributed by atoms with Crippen LogP contribution in [-0.2, 0) is 28.4 Å². The lowest BCUT2D eigenvalue weighted by molar-refractivity contribution is -0.260. The number of aliphatic hydroxyl groups is 4. The zero-order valence-electron chi connectivity index (χ0n) is 12.4. The Labute approximate surface area is 135 Å². The number of ether oxygens (including phenoxy) is 6. The summed E-state index contributed by atoms with van der Waals surface area (Å²) in [6.07, 6.45) is -7.03. The minimum absolute atomic E-state index is 0.0662. The van der Waals surface area contributed by atoms with Crippen LogP contribution in [0.3, 0.4) is 0 Å². The molecule has 8 atom stereocenters. The van der Waals surface area contributed by atoms with Crippen LogP contribution in [0.25, 0.3) is 0 Å². The summed E-state index contributed by atoms with van der Waals surface area (Å²) in [6, 6.07) is 0. The maximum atomic E-state index is 12.0. The smallest absolute Gasteiger partial charge is 0.396 e. The van der Waals surface area contributed by atoms with Crippen molar-refractivity contribution in [1.82, 2.24) is 0 Å². The van der Waals surface area contributed by atoms with Crippen molar-refractivity contribution in [3.8, 4) is 0 Å². The third kappa shape index (κ3) is 2.40. The third-order valence-corrected chi connectivity index (χ3v) is 4.62. The van der Waals surface area contributed by atoms with Crippen LogP contribution in [0.5, 0.6) is 0 Å². The summed E-state index contributed by atoms with van der Waals surface area (Å²) < 4.78 is 30.5. The molecule has 4 rings (SSSR count). The Kier molecular flexibility index (Phi) is 3.75. The normalized spacial score (nSPS) is 53.0. The summed E-state index contributed by atoms with van der Waals surface area (Å²) in [7, 11) is 0. The molecule has 0 spiro atoms. The molecule has 4 aliphatic heterocycles. The highest BCUT2D eigenvalue weighted by Gasteiger charge is 2.61. The molecule has 0 aromatic rings. The van der Waals surface area contributed by atoms with E-state index in [9.17, 15) is 25.2 Å². The summed E-state index contributed by atoms with van der Waals surface area (Å²) in [5, 5.41) is 40.0. The van der Waals surface area contributed by atoms with Crippen molar-refractivity contribution in [1.29, 1.82) is 0 Å². The molecular weight excluding hydrogens is 332 g/mol. The zero-order valence-corrected chi connectivity index (χ0v) is 12.4. The van der Waals surface area contributed by atoms with Crippen molar-refractivity contribution in [2.24, 2.45) is 0 Å². The molecule has 4 saturated heterocycles. The van der Waals surface area contributed by atoms with Crippen LogP contribution in [0.2, 0.25) is 0 Å². The van der Waals surface area contributed by atoms with Crippen molar-refractivity contribution in [2.45, 2.75) is 48.2 Å². The summed E-state index contributed by atoms with van der Waals surface area (Å²) in [5.41, 5.74) is 0. The first-order valence-corrected chi connectivity index (χ1v) is 7.52. The minimum Gasteiger partial charge on any atom is -0.396 e. The SMILES string of the molecule is O=C(O[C@@]1(O)CO[C@@H]2[C@H](O)CO[C@@H]21)O[C@@]1(O)CO[C@@H]2[C@H](O)CO[C@@H]21. The summed E-state index contributed by atoms with van der Waals surface area (Å²) in [4.78, 5) is 12.0. The van der Waals surface area contributed by atoms with E-state index in [-0.39, 0.29) is 13.2 Å². The molecule has 0 unspecified atom stereocenters. The molecule has 4 aliphatic rings. The highest BCUT2D eigenvalue weighted by Crippen LogP contribution is 2.38. The summed E-state index contributed by atoms with van der Waals surface area (Å²) in [5.74, 6) is -4.30. The van der Waals surface area contributed by atoms with Gasteiger partial charge in [0, 0.05) is 0 Å². The highest BCUT2D eigenvalue weighted by molar-refractivity contribution is 5.61. The molecule has 0 saturated carbocycles. The first-order chi connectivity index (χ1) is 11.3. The Morgan fingerprint density at radius 3 is 1.67 bits per heavy atom. The van der Waals surface area contributed by atoms with Gasteiger partial charge < -0.3 is 48.8 Å². The Hall–Kier alpha value is -1.05. The average molecular weight is 350 g/mol. The van der Waals surface area contributed by atoms with E-state index < -0.39 is 67.6 Å². The molecule has 4 N–H and O–H groups in total. The zero-order chi connectivity index (χ0) is 17.1. The molecule has 0 radical (unpaired) electrons. The monoisotopic (exact) mass is 350 g/mol. The van der Waals surface area contributed by atoms with Crippen molar-refractivity contribution < 1.29 is 53.6 Å². The molecule has 0 amide bonds. The average Bonchev–Trinajstić information content (AvgIpc) is 3.21. The van der Waals surface area contributed by atoms with E-state index in [1.807, 2.05) is 0 Å². The summed E-state index contributed by atoms with van der Waals surface area (Å²) in [6.45, 7) is -0.956. The molecule has 4 heterocycles. The number of hydrogen-bond acceptors (Lipinski definition) is 11. The second-order valence-electron chi connectivity index (χ2n) is 6.34. The number of hydrogen-bond donors (Lipinski definition) is 4. The van der Waals surface area contributed by atoms with Crippen LogP contribution in [-0.4, -0.2) is 101 Å². The molecule has 4 fully saturated rings. The van der Waals surface area contributed by atoms with Crippen molar-refractivity contribution in [3.05, 3.63) is 0 Å². The van der Waals surface area contributed by atoms with Crippen LogP contribution in [0.15, 0.2) is 0 Å². The number of carbonyl (C=O) groups excluding carboxylic acids is 1.